The molecule has 1 aromatic heterocycles. The number of carbonyl (C=O) groups is 1. The van der Waals surface area contributed by atoms with Crippen LogP contribution in [0.15, 0.2) is 42.6 Å². The predicted molar refractivity (Wildman–Crippen MR) is 94.9 cm³/mol. The third kappa shape index (κ3) is 5.33. The summed E-state index contributed by atoms with van der Waals surface area (Å²) >= 11 is 0. The molecule has 0 radical (unpaired) electrons. The van der Waals surface area contributed by atoms with Crippen molar-refractivity contribution in [3.63, 3.8) is 0 Å². The Bertz CT molecular complexity index is 658. The Kier molecular flexibility index (Phi) is 6.73. The summed E-state index contributed by atoms with van der Waals surface area (Å²) in [6.07, 6.45) is 4.55. The average Bonchev–Trinajstić information content (AvgIpc) is 2.61. The Morgan fingerprint density at radius 1 is 1.25 bits per heavy atom. The van der Waals surface area contributed by atoms with E-state index in [1.165, 1.54) is 12.1 Å². The van der Waals surface area contributed by atoms with Crippen molar-refractivity contribution in [3.8, 4) is 0 Å². The molecule has 2 rings (SSSR count). The van der Waals surface area contributed by atoms with Crippen molar-refractivity contribution >= 4 is 11.6 Å². The van der Waals surface area contributed by atoms with Crippen LogP contribution >= 0.6 is 0 Å². The Labute approximate surface area is 142 Å². The zero-order valence-corrected chi connectivity index (χ0v) is 14.3. The summed E-state index contributed by atoms with van der Waals surface area (Å²) in [5, 5.41) is 2.86. The Morgan fingerprint density at radius 3 is 2.71 bits per heavy atom. The lowest BCUT2D eigenvalue weighted by Crippen LogP contribution is -2.27. The second-order valence-corrected chi connectivity index (χ2v) is 5.81. The number of nitrogens with zero attached hydrogens (tertiary/aromatic N) is 2. The van der Waals surface area contributed by atoms with Crippen LogP contribution in [0.1, 0.15) is 35.8 Å². The minimum Gasteiger partial charge on any atom is -0.374 e. The van der Waals surface area contributed by atoms with Crippen molar-refractivity contribution in [2.24, 2.45) is 0 Å². The molecule has 1 N–H and O–H groups in total. The fraction of sp³-hybridized carbons (Fsp3) is 0.368. The number of hydrogen-bond donors (Lipinski definition) is 1. The molecule has 1 amide bonds. The molecule has 128 valence electrons. The van der Waals surface area contributed by atoms with E-state index in [4.69, 9.17) is 0 Å². The monoisotopic (exact) mass is 329 g/mol. The number of aromatic nitrogens is 1. The first-order valence-corrected chi connectivity index (χ1v) is 8.30. The summed E-state index contributed by atoms with van der Waals surface area (Å²) in [5.41, 5.74) is 2.38. The zero-order chi connectivity index (χ0) is 17.4. The highest BCUT2D eigenvalue weighted by atomic mass is 19.1. The largest absolute Gasteiger partial charge is 0.374 e. The third-order valence-corrected chi connectivity index (χ3v) is 3.88. The number of pyridine rings is 1. The lowest BCUT2D eigenvalue weighted by atomic mass is 10.1. The number of unbranched alkanes of at least 4 members (excludes halogenated alkanes) is 1. The SMILES string of the molecule is CCCCN(C)c1ccnc(C(=O)NCCc2ccc(F)cc2)c1. The van der Waals surface area contributed by atoms with Gasteiger partial charge in [-0.25, -0.2) is 4.39 Å². The fourth-order valence-electron chi connectivity index (χ4n) is 2.37. The van der Waals surface area contributed by atoms with Gasteiger partial charge >= 0.3 is 0 Å². The molecule has 0 aliphatic carbocycles. The molecule has 0 aliphatic heterocycles. The van der Waals surface area contributed by atoms with Gasteiger partial charge in [0.2, 0.25) is 0 Å². The van der Waals surface area contributed by atoms with Crippen LogP contribution in [-0.2, 0) is 6.42 Å². The average molecular weight is 329 g/mol. The van der Waals surface area contributed by atoms with Gasteiger partial charge in [0.1, 0.15) is 11.5 Å². The van der Waals surface area contributed by atoms with Gasteiger partial charge in [-0.1, -0.05) is 25.5 Å². The molecule has 0 bridgehead atoms. The van der Waals surface area contributed by atoms with Gasteiger partial charge < -0.3 is 10.2 Å². The number of amides is 1. The number of carbonyl (C=O) groups excluding carboxylic acids is 1. The first-order valence-electron chi connectivity index (χ1n) is 8.30. The van der Waals surface area contributed by atoms with Crippen LogP contribution in [0.3, 0.4) is 0 Å². The van der Waals surface area contributed by atoms with E-state index in [9.17, 15) is 9.18 Å². The number of hydrogen-bond acceptors (Lipinski definition) is 3. The molecule has 0 fully saturated rings. The normalized spacial score (nSPS) is 10.5. The van der Waals surface area contributed by atoms with E-state index in [2.05, 4.69) is 22.1 Å². The van der Waals surface area contributed by atoms with Gasteiger partial charge in [-0.2, -0.15) is 0 Å². The van der Waals surface area contributed by atoms with Gasteiger partial charge in [0.05, 0.1) is 0 Å². The van der Waals surface area contributed by atoms with Crippen molar-refractivity contribution in [1.29, 1.82) is 0 Å². The van der Waals surface area contributed by atoms with Crippen LogP contribution in [0.25, 0.3) is 0 Å². The van der Waals surface area contributed by atoms with Crippen molar-refractivity contribution in [1.82, 2.24) is 10.3 Å². The van der Waals surface area contributed by atoms with Crippen LogP contribution in [0.5, 0.6) is 0 Å². The standard InChI is InChI=1S/C19H24FN3O/c1-3-4-13-23(2)17-10-12-21-18(14-17)19(24)22-11-9-15-5-7-16(20)8-6-15/h5-8,10,12,14H,3-4,9,11,13H2,1-2H3,(H,22,24). The third-order valence-electron chi connectivity index (χ3n) is 3.88. The number of benzene rings is 1. The summed E-state index contributed by atoms with van der Waals surface area (Å²) < 4.78 is 12.9. The molecule has 5 heteroatoms. The molecule has 0 spiro atoms. The molecule has 0 aliphatic rings. The second-order valence-electron chi connectivity index (χ2n) is 5.81. The van der Waals surface area contributed by atoms with Crippen molar-refractivity contribution in [2.75, 3.05) is 25.0 Å². The van der Waals surface area contributed by atoms with E-state index >= 15 is 0 Å². The fourth-order valence-corrected chi connectivity index (χ4v) is 2.37. The van der Waals surface area contributed by atoms with Gasteiger partial charge in [0.25, 0.3) is 5.91 Å². The molecule has 1 aromatic carbocycles. The molecule has 0 saturated carbocycles. The van der Waals surface area contributed by atoms with Gasteiger partial charge in [-0.15, -0.1) is 0 Å². The molecule has 1 heterocycles. The van der Waals surface area contributed by atoms with E-state index < -0.39 is 0 Å². The second kappa shape index (κ2) is 9.01. The minimum atomic E-state index is -0.254. The van der Waals surface area contributed by atoms with E-state index in [-0.39, 0.29) is 11.7 Å². The quantitative estimate of drug-likeness (QED) is 0.807. The highest BCUT2D eigenvalue weighted by Crippen LogP contribution is 2.13. The smallest absolute Gasteiger partial charge is 0.269 e. The van der Waals surface area contributed by atoms with E-state index in [0.717, 1.165) is 30.6 Å². The van der Waals surface area contributed by atoms with Crippen LogP contribution < -0.4 is 10.2 Å². The van der Waals surface area contributed by atoms with Gasteiger partial charge in [-0.05, 0) is 42.7 Å². The Hall–Kier alpha value is -2.43. The van der Waals surface area contributed by atoms with Crippen molar-refractivity contribution in [2.45, 2.75) is 26.2 Å². The number of rotatable bonds is 8. The highest BCUT2D eigenvalue weighted by molar-refractivity contribution is 5.93. The van der Waals surface area contributed by atoms with Gasteiger partial charge in [0.15, 0.2) is 0 Å². The maximum absolute atomic E-state index is 12.9. The summed E-state index contributed by atoms with van der Waals surface area (Å²) in [6, 6.07) is 10.0. The Balaban J connectivity index is 1.88. The summed E-state index contributed by atoms with van der Waals surface area (Å²) in [5.74, 6) is -0.446. The van der Waals surface area contributed by atoms with Crippen LogP contribution in [0.2, 0.25) is 0 Å². The summed E-state index contributed by atoms with van der Waals surface area (Å²) in [6.45, 7) is 3.59. The molecule has 24 heavy (non-hydrogen) atoms. The van der Waals surface area contributed by atoms with Gasteiger partial charge in [-0.3, -0.25) is 9.78 Å². The van der Waals surface area contributed by atoms with Crippen LogP contribution in [0, 0.1) is 5.82 Å². The highest BCUT2D eigenvalue weighted by Gasteiger charge is 2.09. The molecular weight excluding hydrogens is 305 g/mol. The van der Waals surface area contributed by atoms with Crippen LogP contribution in [-0.4, -0.2) is 31.0 Å². The zero-order valence-electron chi connectivity index (χ0n) is 14.3. The summed E-state index contributed by atoms with van der Waals surface area (Å²) in [4.78, 5) is 18.5. The lowest BCUT2D eigenvalue weighted by molar-refractivity contribution is 0.0949. The lowest BCUT2D eigenvalue weighted by Gasteiger charge is -2.19. The maximum atomic E-state index is 12.9. The molecular formula is C19H24FN3O. The van der Waals surface area contributed by atoms with Crippen molar-refractivity contribution < 1.29 is 9.18 Å². The maximum Gasteiger partial charge on any atom is 0.269 e. The Morgan fingerprint density at radius 2 is 2.00 bits per heavy atom. The van der Waals surface area contributed by atoms with Crippen molar-refractivity contribution in [3.05, 3.63) is 59.7 Å². The number of anilines is 1. The van der Waals surface area contributed by atoms with E-state index in [0.29, 0.717) is 18.7 Å². The predicted octanol–water partition coefficient (Wildman–Crippen LogP) is 3.43. The molecule has 0 atom stereocenters. The molecule has 4 nitrogen and oxygen atoms in total. The molecule has 2 aromatic rings. The number of nitrogens with one attached hydrogen (secondary N) is 1. The summed E-state index contributed by atoms with van der Waals surface area (Å²) in [7, 11) is 2.02. The first kappa shape index (κ1) is 17.9. The molecule has 0 unspecified atom stereocenters. The first-order chi connectivity index (χ1) is 11.6. The molecule has 0 saturated heterocycles. The van der Waals surface area contributed by atoms with E-state index in [1.54, 1.807) is 18.3 Å². The number of halogens is 1. The van der Waals surface area contributed by atoms with Gasteiger partial charge in [0, 0.05) is 32.0 Å². The van der Waals surface area contributed by atoms with E-state index in [1.807, 2.05) is 19.2 Å². The minimum absolute atomic E-state index is 0.192. The van der Waals surface area contributed by atoms with Crippen LogP contribution in [0.4, 0.5) is 10.1 Å². The topological polar surface area (TPSA) is 45.2 Å².